The van der Waals surface area contributed by atoms with E-state index in [-0.39, 0.29) is 23.9 Å². The Morgan fingerprint density at radius 3 is 2.81 bits per heavy atom. The van der Waals surface area contributed by atoms with Gasteiger partial charge in [-0.1, -0.05) is 18.2 Å². The van der Waals surface area contributed by atoms with E-state index >= 15 is 0 Å². The fraction of sp³-hybridized carbons (Fsp3) is 0.619. The van der Waals surface area contributed by atoms with Crippen LogP contribution in [0.3, 0.4) is 0 Å². The highest BCUT2D eigenvalue weighted by atomic mass is 16.2. The van der Waals surface area contributed by atoms with Gasteiger partial charge in [0.15, 0.2) is 0 Å². The molecular formula is C21H32N4O2. The van der Waals surface area contributed by atoms with E-state index < -0.39 is 0 Å². The molecule has 0 aromatic heterocycles. The molecule has 27 heavy (non-hydrogen) atoms. The van der Waals surface area contributed by atoms with E-state index in [1.807, 2.05) is 38.1 Å². The maximum Gasteiger partial charge on any atom is 0.241 e. The van der Waals surface area contributed by atoms with Gasteiger partial charge in [-0.2, -0.15) is 0 Å². The molecule has 6 heteroatoms. The van der Waals surface area contributed by atoms with Crippen molar-refractivity contribution >= 4 is 17.5 Å². The number of anilines is 1. The SMILES string of the molecule is Cc1ccccc1NC(=O)C(C)N1CCCC(CNC(=O)C2CCCN2)C1. The van der Waals surface area contributed by atoms with Gasteiger partial charge in [0.2, 0.25) is 11.8 Å². The maximum atomic E-state index is 12.7. The molecule has 1 aromatic rings. The number of likely N-dealkylation sites (tertiary alicyclic amines) is 1. The fourth-order valence-corrected chi connectivity index (χ4v) is 4.01. The summed E-state index contributed by atoms with van der Waals surface area (Å²) in [5, 5.41) is 9.39. The first-order valence-corrected chi connectivity index (χ1v) is 10.2. The Morgan fingerprint density at radius 2 is 2.07 bits per heavy atom. The lowest BCUT2D eigenvalue weighted by Crippen LogP contribution is -2.50. The van der Waals surface area contributed by atoms with Crippen LogP contribution in [0.4, 0.5) is 5.69 Å². The average Bonchev–Trinajstić information content (AvgIpc) is 3.22. The van der Waals surface area contributed by atoms with Crippen LogP contribution >= 0.6 is 0 Å². The van der Waals surface area contributed by atoms with Crippen LogP contribution < -0.4 is 16.0 Å². The second-order valence-electron chi connectivity index (χ2n) is 7.88. The molecule has 3 rings (SSSR count). The molecule has 2 saturated heterocycles. The van der Waals surface area contributed by atoms with Gasteiger partial charge in [0, 0.05) is 18.8 Å². The van der Waals surface area contributed by atoms with E-state index in [0.29, 0.717) is 12.5 Å². The first kappa shape index (κ1) is 19.8. The van der Waals surface area contributed by atoms with Crippen molar-refractivity contribution in [3.8, 4) is 0 Å². The van der Waals surface area contributed by atoms with E-state index in [1.165, 1.54) is 0 Å². The van der Waals surface area contributed by atoms with E-state index in [1.54, 1.807) is 0 Å². The Hall–Kier alpha value is -1.92. The number of benzene rings is 1. The summed E-state index contributed by atoms with van der Waals surface area (Å²) in [6, 6.07) is 7.64. The molecule has 0 radical (unpaired) electrons. The topological polar surface area (TPSA) is 73.5 Å². The van der Waals surface area contributed by atoms with Crippen LogP contribution in [0.1, 0.15) is 38.2 Å². The zero-order chi connectivity index (χ0) is 19.2. The van der Waals surface area contributed by atoms with Gasteiger partial charge in [-0.05, 0) is 70.2 Å². The van der Waals surface area contributed by atoms with Crippen LogP contribution in [0.15, 0.2) is 24.3 Å². The second kappa shape index (κ2) is 9.33. The zero-order valence-corrected chi connectivity index (χ0v) is 16.5. The summed E-state index contributed by atoms with van der Waals surface area (Å²) in [6.07, 6.45) is 4.16. The van der Waals surface area contributed by atoms with Gasteiger partial charge in [0.05, 0.1) is 12.1 Å². The van der Waals surface area contributed by atoms with Gasteiger partial charge in [-0.15, -0.1) is 0 Å². The predicted octanol–water partition coefficient (Wildman–Crippen LogP) is 1.90. The third-order valence-corrected chi connectivity index (χ3v) is 5.82. The minimum Gasteiger partial charge on any atom is -0.354 e. The molecule has 0 aliphatic carbocycles. The third-order valence-electron chi connectivity index (χ3n) is 5.82. The number of carbonyl (C=O) groups excluding carboxylic acids is 2. The zero-order valence-electron chi connectivity index (χ0n) is 16.5. The van der Waals surface area contributed by atoms with Crippen LogP contribution in [0.2, 0.25) is 0 Å². The highest BCUT2D eigenvalue weighted by Crippen LogP contribution is 2.20. The summed E-state index contributed by atoms with van der Waals surface area (Å²) in [7, 11) is 0. The molecule has 3 atom stereocenters. The van der Waals surface area contributed by atoms with Crippen molar-refractivity contribution in [2.45, 2.75) is 51.6 Å². The number of hydrogen-bond acceptors (Lipinski definition) is 4. The van der Waals surface area contributed by atoms with Gasteiger partial charge < -0.3 is 16.0 Å². The Bertz CT molecular complexity index is 657. The number of amides is 2. The standard InChI is InChI=1S/C21H32N4O2/c1-15-7-3-4-9-18(15)24-20(26)16(2)25-12-6-8-17(14-25)13-23-21(27)19-10-5-11-22-19/h3-4,7,9,16-17,19,22H,5-6,8,10-14H2,1-2H3,(H,23,27)(H,24,26). The summed E-state index contributed by atoms with van der Waals surface area (Å²) in [5.74, 6) is 0.553. The molecule has 2 heterocycles. The van der Waals surface area contributed by atoms with Crippen molar-refractivity contribution in [2.24, 2.45) is 5.92 Å². The largest absolute Gasteiger partial charge is 0.354 e. The number of nitrogens with zero attached hydrogens (tertiary/aromatic N) is 1. The molecule has 2 fully saturated rings. The lowest BCUT2D eigenvalue weighted by atomic mass is 9.96. The molecule has 1 aromatic carbocycles. The first-order valence-electron chi connectivity index (χ1n) is 10.2. The smallest absolute Gasteiger partial charge is 0.241 e. The van der Waals surface area contributed by atoms with Gasteiger partial charge in [0.25, 0.3) is 0 Å². The number of para-hydroxylation sites is 1. The Kier molecular flexibility index (Phi) is 6.85. The number of nitrogens with one attached hydrogen (secondary N) is 3. The fourth-order valence-electron chi connectivity index (χ4n) is 4.01. The number of carbonyl (C=O) groups is 2. The summed E-state index contributed by atoms with van der Waals surface area (Å²) in [4.78, 5) is 27.1. The van der Waals surface area contributed by atoms with Crippen molar-refractivity contribution < 1.29 is 9.59 Å². The van der Waals surface area contributed by atoms with E-state index in [0.717, 1.165) is 56.6 Å². The van der Waals surface area contributed by atoms with Gasteiger partial charge in [0.1, 0.15) is 0 Å². The van der Waals surface area contributed by atoms with Crippen LogP contribution in [-0.2, 0) is 9.59 Å². The van der Waals surface area contributed by atoms with E-state index in [4.69, 9.17) is 0 Å². The van der Waals surface area contributed by atoms with Gasteiger partial charge in [-0.3, -0.25) is 14.5 Å². The normalized spacial score (nSPS) is 24.4. The molecule has 2 amide bonds. The van der Waals surface area contributed by atoms with Crippen LogP contribution in [-0.4, -0.2) is 55.0 Å². The summed E-state index contributed by atoms with van der Waals surface area (Å²) in [5.41, 5.74) is 1.94. The Morgan fingerprint density at radius 1 is 1.26 bits per heavy atom. The van der Waals surface area contributed by atoms with Gasteiger partial charge >= 0.3 is 0 Å². The van der Waals surface area contributed by atoms with E-state index in [2.05, 4.69) is 20.9 Å². The lowest BCUT2D eigenvalue weighted by Gasteiger charge is -2.36. The van der Waals surface area contributed by atoms with Crippen molar-refractivity contribution in [3.63, 3.8) is 0 Å². The molecule has 6 nitrogen and oxygen atoms in total. The quantitative estimate of drug-likeness (QED) is 0.713. The number of rotatable bonds is 6. The first-order chi connectivity index (χ1) is 13.0. The molecule has 0 saturated carbocycles. The molecule has 3 N–H and O–H groups in total. The predicted molar refractivity (Wildman–Crippen MR) is 108 cm³/mol. The molecule has 2 aliphatic rings. The number of hydrogen-bond donors (Lipinski definition) is 3. The van der Waals surface area contributed by atoms with E-state index in [9.17, 15) is 9.59 Å². The molecule has 2 aliphatic heterocycles. The molecule has 148 valence electrons. The minimum absolute atomic E-state index is 0.0245. The third kappa shape index (κ3) is 5.30. The highest BCUT2D eigenvalue weighted by Gasteiger charge is 2.29. The highest BCUT2D eigenvalue weighted by molar-refractivity contribution is 5.95. The van der Waals surface area contributed by atoms with Crippen molar-refractivity contribution in [3.05, 3.63) is 29.8 Å². The molecule has 0 spiro atoms. The van der Waals surface area contributed by atoms with Crippen LogP contribution in [0, 0.1) is 12.8 Å². The summed E-state index contributed by atoms with van der Waals surface area (Å²) >= 11 is 0. The molecular weight excluding hydrogens is 340 g/mol. The van der Waals surface area contributed by atoms with Crippen molar-refractivity contribution in [2.75, 3.05) is 31.5 Å². The van der Waals surface area contributed by atoms with Crippen molar-refractivity contribution in [1.29, 1.82) is 0 Å². The van der Waals surface area contributed by atoms with Crippen LogP contribution in [0.25, 0.3) is 0 Å². The number of piperidine rings is 1. The Labute approximate surface area is 162 Å². The number of aryl methyl sites for hydroxylation is 1. The monoisotopic (exact) mass is 372 g/mol. The maximum absolute atomic E-state index is 12.7. The summed E-state index contributed by atoms with van der Waals surface area (Å²) in [6.45, 7) is 7.37. The summed E-state index contributed by atoms with van der Waals surface area (Å²) < 4.78 is 0. The van der Waals surface area contributed by atoms with Crippen molar-refractivity contribution in [1.82, 2.24) is 15.5 Å². The Balaban J connectivity index is 1.48. The average molecular weight is 373 g/mol. The lowest BCUT2D eigenvalue weighted by molar-refractivity contribution is -0.124. The van der Waals surface area contributed by atoms with Gasteiger partial charge in [-0.25, -0.2) is 0 Å². The molecule has 0 bridgehead atoms. The second-order valence-corrected chi connectivity index (χ2v) is 7.88. The van der Waals surface area contributed by atoms with Crippen LogP contribution in [0.5, 0.6) is 0 Å². The molecule has 3 unspecified atom stereocenters. The minimum atomic E-state index is -0.181.